The molecular formula is C13H17NO4. The summed E-state index contributed by atoms with van der Waals surface area (Å²) < 4.78 is 5.09. The van der Waals surface area contributed by atoms with Crippen LogP contribution in [0.2, 0.25) is 0 Å². The van der Waals surface area contributed by atoms with Crippen molar-refractivity contribution in [3.8, 4) is 5.75 Å². The van der Waals surface area contributed by atoms with Gasteiger partial charge in [0, 0.05) is 0 Å². The number of phenolic OH excluding ortho intramolecular Hbond substituents is 1. The Kier molecular flexibility index (Phi) is 4.31. The van der Waals surface area contributed by atoms with Gasteiger partial charge >= 0.3 is 6.09 Å². The van der Waals surface area contributed by atoms with E-state index in [0.717, 1.165) is 10.5 Å². The lowest BCUT2D eigenvalue weighted by atomic mass is 10.2. The summed E-state index contributed by atoms with van der Waals surface area (Å²) in [5.74, 6) is 0.133. The van der Waals surface area contributed by atoms with E-state index < -0.39 is 11.7 Å². The second-order valence-electron chi connectivity index (χ2n) is 4.88. The van der Waals surface area contributed by atoms with Gasteiger partial charge in [-0.25, -0.2) is 9.69 Å². The summed E-state index contributed by atoms with van der Waals surface area (Å²) in [7, 11) is 0. The Morgan fingerprint density at radius 1 is 1.33 bits per heavy atom. The van der Waals surface area contributed by atoms with Crippen molar-refractivity contribution in [3.63, 3.8) is 0 Å². The fourth-order valence-corrected chi connectivity index (χ4v) is 1.26. The molecule has 0 heterocycles. The predicted molar refractivity (Wildman–Crippen MR) is 65.9 cm³/mol. The third-order valence-electron chi connectivity index (χ3n) is 2.04. The first-order chi connectivity index (χ1) is 8.31. The van der Waals surface area contributed by atoms with Gasteiger partial charge in [-0.05, 0) is 38.5 Å². The van der Waals surface area contributed by atoms with Crippen LogP contribution in [0, 0.1) is 0 Å². The number of nitrogens with zero attached hydrogens (tertiary/aromatic N) is 1. The maximum absolute atomic E-state index is 11.7. The molecule has 1 N–H and O–H groups in total. The highest BCUT2D eigenvalue weighted by molar-refractivity contribution is 5.80. The van der Waals surface area contributed by atoms with E-state index in [9.17, 15) is 9.59 Å². The Morgan fingerprint density at radius 2 is 1.89 bits per heavy atom. The zero-order valence-corrected chi connectivity index (χ0v) is 10.7. The molecule has 0 atom stereocenters. The molecule has 0 bridgehead atoms. The fraction of sp³-hybridized carbons (Fsp3) is 0.385. The van der Waals surface area contributed by atoms with Gasteiger partial charge in [0.1, 0.15) is 11.4 Å². The number of benzene rings is 1. The van der Waals surface area contributed by atoms with Crippen LogP contribution in [0.5, 0.6) is 5.75 Å². The summed E-state index contributed by atoms with van der Waals surface area (Å²) in [5.41, 5.74) is 0.0820. The van der Waals surface area contributed by atoms with Gasteiger partial charge in [-0.2, -0.15) is 0 Å². The van der Waals surface area contributed by atoms with Crippen LogP contribution in [0.1, 0.15) is 26.3 Å². The number of carbonyl (C=O) groups excluding carboxylic acids is 2. The van der Waals surface area contributed by atoms with Crippen LogP contribution in [-0.2, 0) is 16.1 Å². The molecule has 0 aliphatic carbocycles. The average molecular weight is 251 g/mol. The summed E-state index contributed by atoms with van der Waals surface area (Å²) >= 11 is 0. The van der Waals surface area contributed by atoms with Gasteiger partial charge in [0.25, 0.3) is 0 Å². The molecule has 1 rings (SSSR count). The number of amides is 2. The van der Waals surface area contributed by atoms with E-state index in [1.165, 1.54) is 12.1 Å². The summed E-state index contributed by atoms with van der Waals surface area (Å²) in [5, 5.41) is 9.14. The second kappa shape index (κ2) is 5.53. The number of ether oxygens (including phenoxy) is 1. The molecule has 18 heavy (non-hydrogen) atoms. The zero-order valence-electron chi connectivity index (χ0n) is 10.7. The molecule has 5 nitrogen and oxygen atoms in total. The van der Waals surface area contributed by atoms with Crippen LogP contribution >= 0.6 is 0 Å². The van der Waals surface area contributed by atoms with E-state index in [1.54, 1.807) is 32.9 Å². The van der Waals surface area contributed by atoms with Gasteiger partial charge in [0.05, 0.1) is 6.54 Å². The van der Waals surface area contributed by atoms with Gasteiger partial charge in [-0.3, -0.25) is 4.79 Å². The minimum absolute atomic E-state index is 0.110. The Balaban J connectivity index is 2.70. The third-order valence-corrected chi connectivity index (χ3v) is 2.04. The normalized spacial score (nSPS) is 10.8. The van der Waals surface area contributed by atoms with E-state index >= 15 is 0 Å². The third kappa shape index (κ3) is 4.45. The van der Waals surface area contributed by atoms with Crippen LogP contribution in [-0.4, -0.2) is 28.1 Å². The van der Waals surface area contributed by atoms with Crippen molar-refractivity contribution in [1.82, 2.24) is 4.90 Å². The van der Waals surface area contributed by atoms with Crippen LogP contribution in [0.4, 0.5) is 4.79 Å². The first kappa shape index (κ1) is 14.0. The standard InChI is InChI=1S/C13H17NO4/c1-13(2,3)18-12(17)14(9-15)8-10-4-6-11(16)7-5-10/h4-7,9,16H,8H2,1-3H3. The molecule has 0 aromatic heterocycles. The lowest BCUT2D eigenvalue weighted by Crippen LogP contribution is -2.35. The number of rotatable bonds is 3. The summed E-state index contributed by atoms with van der Waals surface area (Å²) in [4.78, 5) is 23.5. The average Bonchev–Trinajstić information content (AvgIpc) is 2.25. The molecule has 0 fully saturated rings. The highest BCUT2D eigenvalue weighted by atomic mass is 16.6. The SMILES string of the molecule is CC(C)(C)OC(=O)N(C=O)Cc1ccc(O)cc1. The number of phenols is 1. The minimum Gasteiger partial charge on any atom is -0.508 e. The van der Waals surface area contributed by atoms with Crippen molar-refractivity contribution >= 4 is 12.5 Å². The lowest BCUT2D eigenvalue weighted by molar-refractivity contribution is -0.118. The van der Waals surface area contributed by atoms with E-state index in [4.69, 9.17) is 9.84 Å². The highest BCUT2D eigenvalue weighted by Crippen LogP contribution is 2.14. The molecule has 0 unspecified atom stereocenters. The van der Waals surface area contributed by atoms with Crippen molar-refractivity contribution in [1.29, 1.82) is 0 Å². The number of aromatic hydroxyl groups is 1. The molecule has 0 radical (unpaired) electrons. The van der Waals surface area contributed by atoms with E-state index in [1.807, 2.05) is 0 Å². The first-order valence-corrected chi connectivity index (χ1v) is 5.54. The van der Waals surface area contributed by atoms with Gasteiger partial charge in [0.2, 0.25) is 6.41 Å². The van der Waals surface area contributed by atoms with Gasteiger partial charge in [-0.1, -0.05) is 12.1 Å². The van der Waals surface area contributed by atoms with Crippen LogP contribution in [0.3, 0.4) is 0 Å². The molecule has 0 saturated carbocycles. The second-order valence-corrected chi connectivity index (χ2v) is 4.88. The number of imide groups is 1. The van der Waals surface area contributed by atoms with Crippen molar-refractivity contribution < 1.29 is 19.4 Å². The van der Waals surface area contributed by atoms with Crippen LogP contribution in [0.25, 0.3) is 0 Å². The molecule has 1 aromatic rings. The zero-order chi connectivity index (χ0) is 13.8. The molecule has 5 heteroatoms. The maximum atomic E-state index is 11.7. The quantitative estimate of drug-likeness (QED) is 0.837. The molecule has 0 aliphatic rings. The number of carbonyl (C=O) groups is 2. The molecule has 1 aromatic carbocycles. The predicted octanol–water partition coefficient (Wildman–Crippen LogP) is 2.29. The largest absolute Gasteiger partial charge is 0.508 e. The van der Waals surface area contributed by atoms with Crippen LogP contribution in [0.15, 0.2) is 24.3 Å². The van der Waals surface area contributed by atoms with Crippen molar-refractivity contribution in [2.24, 2.45) is 0 Å². The van der Waals surface area contributed by atoms with Crippen molar-refractivity contribution in [3.05, 3.63) is 29.8 Å². The van der Waals surface area contributed by atoms with E-state index in [2.05, 4.69) is 0 Å². The molecule has 98 valence electrons. The molecule has 0 aliphatic heterocycles. The van der Waals surface area contributed by atoms with Gasteiger partial charge in [-0.15, -0.1) is 0 Å². The first-order valence-electron chi connectivity index (χ1n) is 5.54. The minimum atomic E-state index is -0.689. The van der Waals surface area contributed by atoms with Crippen molar-refractivity contribution in [2.75, 3.05) is 0 Å². The lowest BCUT2D eigenvalue weighted by Gasteiger charge is -2.23. The Hall–Kier alpha value is -2.04. The highest BCUT2D eigenvalue weighted by Gasteiger charge is 2.21. The molecule has 0 saturated heterocycles. The van der Waals surface area contributed by atoms with E-state index in [-0.39, 0.29) is 12.3 Å². The van der Waals surface area contributed by atoms with Gasteiger partial charge < -0.3 is 9.84 Å². The topological polar surface area (TPSA) is 66.8 Å². The molecule has 0 spiro atoms. The molecule has 2 amide bonds. The fourth-order valence-electron chi connectivity index (χ4n) is 1.26. The number of hydrogen-bond donors (Lipinski definition) is 1. The smallest absolute Gasteiger partial charge is 0.417 e. The van der Waals surface area contributed by atoms with E-state index in [0.29, 0.717) is 6.41 Å². The van der Waals surface area contributed by atoms with Crippen LogP contribution < -0.4 is 0 Å². The summed E-state index contributed by atoms with van der Waals surface area (Å²) in [6, 6.07) is 6.26. The van der Waals surface area contributed by atoms with Gasteiger partial charge in [0.15, 0.2) is 0 Å². The summed E-state index contributed by atoms with van der Waals surface area (Å²) in [6.45, 7) is 5.30. The number of hydrogen-bond acceptors (Lipinski definition) is 4. The Morgan fingerprint density at radius 3 is 2.33 bits per heavy atom. The maximum Gasteiger partial charge on any atom is 0.417 e. The Bertz CT molecular complexity index is 420. The Labute approximate surface area is 106 Å². The van der Waals surface area contributed by atoms with Crippen molar-refractivity contribution in [2.45, 2.75) is 32.9 Å². The summed E-state index contributed by atoms with van der Waals surface area (Å²) in [6.07, 6.45) is -0.258. The molecular weight excluding hydrogens is 234 g/mol. The monoisotopic (exact) mass is 251 g/mol.